The van der Waals surface area contributed by atoms with Gasteiger partial charge in [-0.15, -0.1) is 0 Å². The normalized spacial score (nSPS) is 18.8. The summed E-state index contributed by atoms with van der Waals surface area (Å²) >= 11 is 12.6. The Morgan fingerprint density at radius 1 is 0.900 bits per heavy atom. The van der Waals surface area contributed by atoms with Gasteiger partial charge in [-0.3, -0.25) is 9.69 Å². The van der Waals surface area contributed by atoms with Crippen LogP contribution in [0.2, 0.25) is 10.0 Å². The minimum absolute atomic E-state index is 0.298. The van der Waals surface area contributed by atoms with Crippen molar-refractivity contribution in [2.24, 2.45) is 0 Å². The summed E-state index contributed by atoms with van der Waals surface area (Å²) in [5.74, 6) is 0.298. The van der Waals surface area contributed by atoms with E-state index in [0.29, 0.717) is 22.4 Å². The fourth-order valence-corrected chi connectivity index (χ4v) is 5.55. The minimum atomic E-state index is 0.298. The van der Waals surface area contributed by atoms with Crippen molar-refractivity contribution in [1.29, 1.82) is 0 Å². The molecule has 30 heavy (non-hydrogen) atoms. The van der Waals surface area contributed by atoms with Gasteiger partial charge in [0.05, 0.1) is 21.4 Å². The summed E-state index contributed by atoms with van der Waals surface area (Å²) in [6.07, 6.45) is 4.85. The van der Waals surface area contributed by atoms with Crippen molar-refractivity contribution in [3.8, 4) is 0 Å². The number of anilines is 2. The van der Waals surface area contributed by atoms with Crippen LogP contribution in [0.15, 0.2) is 30.3 Å². The Balaban J connectivity index is 1.15. The Kier molecular flexibility index (Phi) is 5.65. The number of benzene rings is 2. The van der Waals surface area contributed by atoms with Crippen LogP contribution in [-0.4, -0.2) is 50.1 Å². The summed E-state index contributed by atoms with van der Waals surface area (Å²) in [5.41, 5.74) is 6.47. The standard InChI is InChI=1S/C24H27Cl2N3O/c25-20-4-1-5-21(23(20)26)28-13-11-27(12-14-28)9-2-3-17-15-18-6-7-22(30)29-10-8-19(16-17)24(18)29/h1,4-5,15-16H,2-3,6-14H2. The number of hydrogen-bond donors (Lipinski definition) is 0. The minimum Gasteiger partial charge on any atom is -0.368 e. The molecule has 1 saturated heterocycles. The van der Waals surface area contributed by atoms with E-state index in [9.17, 15) is 4.79 Å². The van der Waals surface area contributed by atoms with Gasteiger partial charge in [0.25, 0.3) is 0 Å². The molecule has 4 nitrogen and oxygen atoms in total. The van der Waals surface area contributed by atoms with Crippen LogP contribution in [0.1, 0.15) is 29.5 Å². The molecule has 0 radical (unpaired) electrons. The second kappa shape index (κ2) is 8.41. The van der Waals surface area contributed by atoms with Crippen LogP contribution in [0.25, 0.3) is 0 Å². The van der Waals surface area contributed by atoms with Gasteiger partial charge in [0.1, 0.15) is 0 Å². The Labute approximate surface area is 188 Å². The van der Waals surface area contributed by atoms with Crippen molar-refractivity contribution in [3.63, 3.8) is 0 Å². The molecule has 0 aromatic heterocycles. The molecule has 158 valence electrons. The molecule has 1 amide bonds. The zero-order chi connectivity index (χ0) is 20.7. The van der Waals surface area contributed by atoms with E-state index in [1.807, 2.05) is 17.0 Å². The molecule has 1 fully saturated rings. The molecule has 3 heterocycles. The molecular weight excluding hydrogens is 417 g/mol. The van der Waals surface area contributed by atoms with Gasteiger partial charge < -0.3 is 9.80 Å². The van der Waals surface area contributed by atoms with Gasteiger partial charge in [-0.2, -0.15) is 0 Å². The molecule has 0 saturated carbocycles. The van der Waals surface area contributed by atoms with E-state index in [1.165, 1.54) is 28.8 Å². The van der Waals surface area contributed by atoms with Crippen molar-refractivity contribution in [1.82, 2.24) is 4.90 Å². The lowest BCUT2D eigenvalue weighted by atomic mass is 9.95. The third-order valence-electron chi connectivity index (χ3n) is 6.70. The molecule has 6 heteroatoms. The molecule has 0 bridgehead atoms. The summed E-state index contributed by atoms with van der Waals surface area (Å²) in [7, 11) is 0. The fourth-order valence-electron chi connectivity index (χ4n) is 5.13. The Hall–Kier alpha value is -1.75. The first kappa shape index (κ1) is 20.2. The largest absolute Gasteiger partial charge is 0.368 e. The van der Waals surface area contributed by atoms with E-state index < -0.39 is 0 Å². The maximum atomic E-state index is 12.1. The maximum Gasteiger partial charge on any atom is 0.227 e. The van der Waals surface area contributed by atoms with E-state index in [0.717, 1.165) is 64.2 Å². The highest BCUT2D eigenvalue weighted by atomic mass is 35.5. The van der Waals surface area contributed by atoms with Crippen molar-refractivity contribution in [2.75, 3.05) is 49.1 Å². The average molecular weight is 444 g/mol. The first-order valence-electron chi connectivity index (χ1n) is 11.0. The molecule has 5 rings (SSSR count). The van der Waals surface area contributed by atoms with Gasteiger partial charge in [-0.05, 0) is 61.1 Å². The molecule has 0 spiro atoms. The maximum absolute atomic E-state index is 12.1. The number of hydrogen-bond acceptors (Lipinski definition) is 3. The summed E-state index contributed by atoms with van der Waals surface area (Å²) in [6, 6.07) is 10.6. The second-order valence-corrected chi connectivity index (χ2v) is 9.35. The van der Waals surface area contributed by atoms with Gasteiger partial charge in [-0.1, -0.05) is 41.4 Å². The lowest BCUT2D eigenvalue weighted by Gasteiger charge is -2.36. The third kappa shape index (κ3) is 3.81. The second-order valence-electron chi connectivity index (χ2n) is 8.56. The average Bonchev–Trinajstić information content (AvgIpc) is 3.19. The van der Waals surface area contributed by atoms with Crippen molar-refractivity contribution < 1.29 is 4.79 Å². The molecule has 3 aliphatic heterocycles. The van der Waals surface area contributed by atoms with Crippen molar-refractivity contribution in [3.05, 3.63) is 57.1 Å². The van der Waals surface area contributed by atoms with Gasteiger partial charge in [-0.25, -0.2) is 0 Å². The number of nitrogens with zero attached hydrogens (tertiary/aromatic N) is 3. The van der Waals surface area contributed by atoms with Crippen LogP contribution >= 0.6 is 23.2 Å². The Morgan fingerprint density at radius 3 is 2.47 bits per heavy atom. The summed E-state index contributed by atoms with van der Waals surface area (Å²) in [4.78, 5) is 19.0. The number of amides is 1. The fraction of sp³-hybridized carbons (Fsp3) is 0.458. The molecule has 2 aromatic carbocycles. The molecule has 0 N–H and O–H groups in total. The Morgan fingerprint density at radius 2 is 1.67 bits per heavy atom. The van der Waals surface area contributed by atoms with Crippen LogP contribution in [0.3, 0.4) is 0 Å². The van der Waals surface area contributed by atoms with Crippen LogP contribution < -0.4 is 9.80 Å². The number of aryl methyl sites for hydroxylation is 2. The summed E-state index contributed by atoms with van der Waals surface area (Å²) < 4.78 is 0. The van der Waals surface area contributed by atoms with Crippen molar-refractivity contribution in [2.45, 2.75) is 32.1 Å². The zero-order valence-electron chi connectivity index (χ0n) is 17.2. The molecule has 0 aliphatic carbocycles. The van der Waals surface area contributed by atoms with Crippen molar-refractivity contribution >= 4 is 40.5 Å². The number of halogens is 2. The first-order valence-corrected chi connectivity index (χ1v) is 11.7. The highest BCUT2D eigenvalue weighted by Crippen LogP contribution is 2.38. The lowest BCUT2D eigenvalue weighted by molar-refractivity contribution is -0.118. The number of rotatable bonds is 5. The van der Waals surface area contributed by atoms with Gasteiger partial charge >= 0.3 is 0 Å². The highest BCUT2D eigenvalue weighted by Gasteiger charge is 2.31. The highest BCUT2D eigenvalue weighted by molar-refractivity contribution is 6.43. The van der Waals surface area contributed by atoms with Gasteiger partial charge in [0.15, 0.2) is 0 Å². The Bertz CT molecular complexity index is 969. The molecular formula is C24H27Cl2N3O. The smallest absolute Gasteiger partial charge is 0.227 e. The predicted octanol–water partition coefficient (Wildman–Crippen LogP) is 4.58. The lowest BCUT2D eigenvalue weighted by Crippen LogP contribution is -2.46. The monoisotopic (exact) mass is 443 g/mol. The van der Waals surface area contributed by atoms with Gasteiger partial charge in [0, 0.05) is 39.1 Å². The number of carbonyl (C=O) groups is 1. The van der Waals surface area contributed by atoms with Crippen LogP contribution in [0.4, 0.5) is 11.4 Å². The van der Waals surface area contributed by atoms with E-state index >= 15 is 0 Å². The topological polar surface area (TPSA) is 26.8 Å². The summed E-state index contributed by atoms with van der Waals surface area (Å²) in [5, 5.41) is 1.28. The predicted molar refractivity (Wildman–Crippen MR) is 124 cm³/mol. The van der Waals surface area contributed by atoms with E-state index in [-0.39, 0.29) is 0 Å². The van der Waals surface area contributed by atoms with Crippen LogP contribution in [-0.2, 0) is 24.1 Å². The number of piperazine rings is 1. The molecule has 0 atom stereocenters. The van der Waals surface area contributed by atoms with E-state index in [1.54, 1.807) is 0 Å². The van der Waals surface area contributed by atoms with E-state index in [2.05, 4.69) is 28.0 Å². The quantitative estimate of drug-likeness (QED) is 0.676. The number of carbonyl (C=O) groups excluding carboxylic acids is 1. The molecule has 3 aliphatic rings. The zero-order valence-corrected chi connectivity index (χ0v) is 18.7. The third-order valence-corrected chi connectivity index (χ3v) is 7.50. The van der Waals surface area contributed by atoms with E-state index in [4.69, 9.17) is 23.2 Å². The van der Waals surface area contributed by atoms with Gasteiger partial charge in [0.2, 0.25) is 5.91 Å². The van der Waals surface area contributed by atoms with Crippen LogP contribution in [0, 0.1) is 0 Å². The summed E-state index contributed by atoms with van der Waals surface area (Å²) in [6.45, 7) is 6.05. The SMILES string of the molecule is O=C1CCc2cc(CCCN3CCN(c4cccc(Cl)c4Cl)CC3)cc3c2N1CC3. The van der Waals surface area contributed by atoms with Crippen LogP contribution in [0.5, 0.6) is 0 Å². The molecule has 0 unspecified atom stereocenters. The first-order chi connectivity index (χ1) is 14.6. The molecule has 2 aromatic rings.